The smallest absolute Gasteiger partial charge is 0.248 e. The van der Waals surface area contributed by atoms with Gasteiger partial charge in [-0.05, 0) is 44.4 Å². The predicted octanol–water partition coefficient (Wildman–Crippen LogP) is 4.95. The molecular formula is C23H28ClN7O2S. The fourth-order valence-corrected chi connectivity index (χ4v) is 5.51. The first kappa shape index (κ1) is 24.2. The van der Waals surface area contributed by atoms with Gasteiger partial charge in [-0.1, -0.05) is 42.5 Å². The number of hydrogen-bond donors (Lipinski definition) is 3. The van der Waals surface area contributed by atoms with Gasteiger partial charge in [0, 0.05) is 11.1 Å². The second-order valence-corrected chi connectivity index (χ2v) is 10.1. The van der Waals surface area contributed by atoms with Gasteiger partial charge < -0.3 is 10.6 Å². The van der Waals surface area contributed by atoms with Gasteiger partial charge in [-0.2, -0.15) is 0 Å². The van der Waals surface area contributed by atoms with Crippen LogP contribution in [0.5, 0.6) is 0 Å². The monoisotopic (exact) mass is 501 g/mol. The fourth-order valence-electron chi connectivity index (χ4n) is 4.33. The van der Waals surface area contributed by atoms with Crippen molar-refractivity contribution in [3.05, 3.63) is 46.2 Å². The van der Waals surface area contributed by atoms with Gasteiger partial charge in [-0.15, -0.1) is 16.4 Å². The number of amides is 2. The number of H-pyrrole nitrogens is 1. The summed E-state index contributed by atoms with van der Waals surface area (Å²) in [6, 6.07) is 5.04. The predicted molar refractivity (Wildman–Crippen MR) is 134 cm³/mol. The minimum atomic E-state index is -0.633. The maximum Gasteiger partial charge on any atom is 0.248 e. The van der Waals surface area contributed by atoms with Crippen LogP contribution in [0.15, 0.2) is 30.6 Å². The summed E-state index contributed by atoms with van der Waals surface area (Å²) < 4.78 is 0. The van der Waals surface area contributed by atoms with Crippen molar-refractivity contribution in [2.75, 3.05) is 15.5 Å². The third-order valence-electron chi connectivity index (χ3n) is 6.17. The zero-order valence-corrected chi connectivity index (χ0v) is 20.7. The lowest BCUT2D eigenvalue weighted by Crippen LogP contribution is -2.44. The van der Waals surface area contributed by atoms with Crippen molar-refractivity contribution in [3.63, 3.8) is 0 Å². The van der Waals surface area contributed by atoms with Crippen LogP contribution < -0.4 is 15.5 Å². The third kappa shape index (κ3) is 5.74. The minimum absolute atomic E-state index is 0.0385. The molecule has 2 atom stereocenters. The first-order valence-electron chi connectivity index (χ1n) is 11.3. The topological polar surface area (TPSA) is 116 Å². The van der Waals surface area contributed by atoms with E-state index >= 15 is 0 Å². The van der Waals surface area contributed by atoms with E-state index in [9.17, 15) is 9.59 Å². The summed E-state index contributed by atoms with van der Waals surface area (Å²) in [5.41, 5.74) is 1.71. The van der Waals surface area contributed by atoms with Crippen molar-refractivity contribution < 1.29 is 9.59 Å². The standard InChI is InChI=1S/C23H28ClN7O2S/c1-14-18(10-17(24)11-25-14)27-15(2)20-7-8-22(34-20)31(13-32)19(9-16-5-3-4-6-16)23(33)28-21-12-26-30-29-21/h7-8,10-13,15-16,19,27H,3-6,9H2,1-2H3,(H2,26,28,29,30,33)/t15-,19?/m0/s1. The second-order valence-electron chi connectivity index (χ2n) is 8.59. The fraction of sp³-hybridized carbons (Fsp3) is 0.435. The number of nitrogens with one attached hydrogen (secondary N) is 3. The maximum atomic E-state index is 13.2. The molecule has 3 aromatic heterocycles. The summed E-state index contributed by atoms with van der Waals surface area (Å²) in [6.45, 7) is 3.95. The quantitative estimate of drug-likeness (QED) is 0.338. The SMILES string of the molecule is Cc1ncc(Cl)cc1N[C@@H](C)c1ccc(N(C=O)C(CC2CCCC2)C(=O)Nc2c[nH]nn2)s1. The van der Waals surface area contributed by atoms with Gasteiger partial charge in [0.25, 0.3) is 0 Å². The third-order valence-corrected chi connectivity index (χ3v) is 7.66. The molecule has 3 heterocycles. The normalized spacial score (nSPS) is 15.6. The molecule has 11 heteroatoms. The van der Waals surface area contributed by atoms with Crippen LogP contribution >= 0.6 is 22.9 Å². The Hall–Kier alpha value is -2.98. The van der Waals surface area contributed by atoms with Crippen LogP contribution in [-0.4, -0.2) is 38.8 Å². The van der Waals surface area contributed by atoms with Gasteiger partial charge >= 0.3 is 0 Å². The molecule has 1 aliphatic rings. The highest BCUT2D eigenvalue weighted by molar-refractivity contribution is 7.16. The summed E-state index contributed by atoms with van der Waals surface area (Å²) in [5.74, 6) is 0.478. The summed E-state index contributed by atoms with van der Waals surface area (Å²) >= 11 is 7.58. The molecule has 1 saturated carbocycles. The zero-order chi connectivity index (χ0) is 24.1. The molecule has 3 aromatic rings. The van der Waals surface area contributed by atoms with Crippen LogP contribution in [0, 0.1) is 12.8 Å². The number of carbonyl (C=O) groups excluding carboxylic acids is 2. The molecule has 34 heavy (non-hydrogen) atoms. The van der Waals surface area contributed by atoms with Crippen molar-refractivity contribution in [2.45, 2.75) is 58.0 Å². The Morgan fingerprint density at radius 1 is 1.38 bits per heavy atom. The summed E-state index contributed by atoms with van der Waals surface area (Å²) in [6.07, 6.45) is 8.96. The highest BCUT2D eigenvalue weighted by atomic mass is 35.5. The first-order valence-corrected chi connectivity index (χ1v) is 12.5. The molecule has 0 saturated heterocycles. The van der Waals surface area contributed by atoms with Gasteiger partial charge in [0.1, 0.15) is 6.04 Å². The molecule has 2 amide bonds. The molecule has 0 spiro atoms. The van der Waals surface area contributed by atoms with Gasteiger partial charge in [-0.3, -0.25) is 24.6 Å². The van der Waals surface area contributed by atoms with Crippen LogP contribution in [0.4, 0.5) is 16.5 Å². The molecule has 1 aliphatic carbocycles. The van der Waals surface area contributed by atoms with E-state index in [-0.39, 0.29) is 11.9 Å². The molecule has 0 radical (unpaired) electrons. The maximum absolute atomic E-state index is 13.2. The van der Waals surface area contributed by atoms with E-state index in [1.807, 2.05) is 32.0 Å². The Morgan fingerprint density at radius 3 is 2.88 bits per heavy atom. The number of halogens is 1. The number of anilines is 3. The Morgan fingerprint density at radius 2 is 2.18 bits per heavy atom. The lowest BCUT2D eigenvalue weighted by atomic mass is 9.97. The highest BCUT2D eigenvalue weighted by Crippen LogP contribution is 2.36. The lowest BCUT2D eigenvalue weighted by Gasteiger charge is -2.28. The Kier molecular flexibility index (Phi) is 7.79. The van der Waals surface area contributed by atoms with Crippen molar-refractivity contribution in [1.29, 1.82) is 0 Å². The number of aromatic amines is 1. The van der Waals surface area contributed by atoms with Crippen molar-refractivity contribution >= 4 is 51.8 Å². The summed E-state index contributed by atoms with van der Waals surface area (Å²) in [7, 11) is 0. The number of aromatic nitrogens is 4. The largest absolute Gasteiger partial charge is 0.376 e. The van der Waals surface area contributed by atoms with E-state index in [0.717, 1.165) is 53.4 Å². The first-order chi connectivity index (χ1) is 16.4. The molecule has 3 N–H and O–H groups in total. The van der Waals surface area contributed by atoms with Crippen LogP contribution in [-0.2, 0) is 9.59 Å². The molecule has 0 bridgehead atoms. The molecule has 1 unspecified atom stereocenters. The molecule has 9 nitrogen and oxygen atoms in total. The van der Waals surface area contributed by atoms with E-state index in [4.69, 9.17) is 11.6 Å². The Labute approximate surface area is 207 Å². The minimum Gasteiger partial charge on any atom is -0.376 e. The number of rotatable bonds is 10. The number of nitrogens with zero attached hydrogens (tertiary/aromatic N) is 4. The van der Waals surface area contributed by atoms with Gasteiger partial charge in [-0.25, -0.2) is 0 Å². The Balaban J connectivity index is 1.53. The van der Waals surface area contributed by atoms with Crippen LogP contribution in [0.2, 0.25) is 5.02 Å². The van der Waals surface area contributed by atoms with Gasteiger partial charge in [0.2, 0.25) is 12.3 Å². The van der Waals surface area contributed by atoms with Crippen LogP contribution in [0.25, 0.3) is 0 Å². The average Bonchev–Trinajstić information content (AvgIpc) is 3.59. The summed E-state index contributed by atoms with van der Waals surface area (Å²) in [5, 5.41) is 17.6. The van der Waals surface area contributed by atoms with Crippen molar-refractivity contribution in [1.82, 2.24) is 20.4 Å². The Bertz CT molecular complexity index is 1110. The number of pyridine rings is 1. The van der Waals surface area contributed by atoms with Crippen molar-refractivity contribution in [3.8, 4) is 0 Å². The van der Waals surface area contributed by atoms with E-state index in [0.29, 0.717) is 23.2 Å². The molecule has 180 valence electrons. The van der Waals surface area contributed by atoms with Crippen LogP contribution in [0.3, 0.4) is 0 Å². The van der Waals surface area contributed by atoms with Crippen LogP contribution in [0.1, 0.15) is 55.6 Å². The number of thiophene rings is 1. The molecule has 1 fully saturated rings. The van der Waals surface area contributed by atoms with E-state index in [2.05, 4.69) is 31.0 Å². The molecule has 4 rings (SSSR count). The number of aryl methyl sites for hydroxylation is 1. The average molecular weight is 502 g/mol. The van der Waals surface area contributed by atoms with E-state index in [1.165, 1.54) is 17.5 Å². The molecule has 0 aromatic carbocycles. The summed E-state index contributed by atoms with van der Waals surface area (Å²) in [4.78, 5) is 32.3. The van der Waals surface area contributed by atoms with E-state index in [1.54, 1.807) is 11.1 Å². The van der Waals surface area contributed by atoms with E-state index < -0.39 is 6.04 Å². The molecule has 0 aliphatic heterocycles. The van der Waals surface area contributed by atoms with Gasteiger partial charge in [0.05, 0.1) is 33.6 Å². The van der Waals surface area contributed by atoms with Gasteiger partial charge in [0.15, 0.2) is 5.82 Å². The number of carbonyl (C=O) groups is 2. The zero-order valence-electron chi connectivity index (χ0n) is 19.1. The second kappa shape index (κ2) is 11.0. The highest BCUT2D eigenvalue weighted by Gasteiger charge is 2.32. The number of hydrogen-bond acceptors (Lipinski definition) is 7. The van der Waals surface area contributed by atoms with Crippen molar-refractivity contribution in [2.24, 2.45) is 5.92 Å². The molecular weight excluding hydrogens is 474 g/mol. The lowest BCUT2D eigenvalue weighted by molar-refractivity contribution is -0.119.